The minimum Gasteiger partial charge on any atom is -0.242 e. The van der Waals surface area contributed by atoms with Crippen molar-refractivity contribution in [1.29, 1.82) is 0 Å². The second-order valence-electron chi connectivity index (χ2n) is 4.32. The van der Waals surface area contributed by atoms with Gasteiger partial charge in [0.2, 0.25) is 10.0 Å². The van der Waals surface area contributed by atoms with Crippen molar-refractivity contribution >= 4 is 37.6 Å². The topological polar surface area (TPSA) is 59.1 Å². The highest BCUT2D eigenvalue weighted by Crippen LogP contribution is 2.23. The maximum atomic E-state index is 12.2. The van der Waals surface area contributed by atoms with Crippen molar-refractivity contribution in [3.63, 3.8) is 0 Å². The summed E-state index contributed by atoms with van der Waals surface area (Å²) in [5.41, 5.74) is 0. The standard InChI is InChI=1S/C11H16BrClN2O2S/c1-4-9(7(2)3)15-18(16,17)10-5-8(12)6-14-11(10)13/h5-7,9,15H,4H2,1-3H3. The molecule has 1 heterocycles. The molecule has 0 saturated carbocycles. The van der Waals surface area contributed by atoms with Crippen LogP contribution in [0, 0.1) is 5.92 Å². The molecule has 0 saturated heterocycles. The number of nitrogens with zero attached hydrogens (tertiary/aromatic N) is 1. The predicted molar refractivity (Wildman–Crippen MR) is 76.2 cm³/mol. The highest BCUT2D eigenvalue weighted by molar-refractivity contribution is 9.10. The minimum atomic E-state index is -3.64. The summed E-state index contributed by atoms with van der Waals surface area (Å²) in [6.45, 7) is 5.88. The Morgan fingerprint density at radius 2 is 2.11 bits per heavy atom. The summed E-state index contributed by atoms with van der Waals surface area (Å²) < 4.78 is 27.7. The Balaban J connectivity index is 3.10. The molecule has 1 rings (SSSR count). The third-order valence-electron chi connectivity index (χ3n) is 2.61. The maximum Gasteiger partial charge on any atom is 0.243 e. The lowest BCUT2D eigenvalue weighted by atomic mass is 10.0. The monoisotopic (exact) mass is 354 g/mol. The summed E-state index contributed by atoms with van der Waals surface area (Å²) in [4.78, 5) is 3.82. The van der Waals surface area contributed by atoms with Crippen LogP contribution in [0.15, 0.2) is 21.6 Å². The third kappa shape index (κ3) is 3.91. The first-order chi connectivity index (χ1) is 8.27. The van der Waals surface area contributed by atoms with E-state index in [1.165, 1.54) is 12.3 Å². The van der Waals surface area contributed by atoms with Crippen LogP contribution in [0.2, 0.25) is 5.15 Å². The molecular weight excluding hydrogens is 340 g/mol. The zero-order chi connectivity index (χ0) is 13.9. The first-order valence-electron chi connectivity index (χ1n) is 5.61. The van der Waals surface area contributed by atoms with Gasteiger partial charge in [-0.2, -0.15) is 0 Å². The van der Waals surface area contributed by atoms with Gasteiger partial charge in [0.15, 0.2) is 0 Å². The van der Waals surface area contributed by atoms with Gasteiger partial charge in [-0.05, 0) is 34.3 Å². The summed E-state index contributed by atoms with van der Waals surface area (Å²) >= 11 is 9.02. The van der Waals surface area contributed by atoms with Crippen molar-refractivity contribution in [2.75, 3.05) is 0 Å². The fourth-order valence-corrected chi connectivity index (χ4v) is 3.96. The van der Waals surface area contributed by atoms with Crippen molar-refractivity contribution in [1.82, 2.24) is 9.71 Å². The SMILES string of the molecule is CCC(NS(=O)(=O)c1cc(Br)cnc1Cl)C(C)C. The summed E-state index contributed by atoms with van der Waals surface area (Å²) in [6.07, 6.45) is 2.18. The van der Waals surface area contributed by atoms with Crippen LogP contribution in [0.3, 0.4) is 0 Å². The predicted octanol–water partition coefficient (Wildman–Crippen LogP) is 3.21. The molecule has 1 aromatic heterocycles. The van der Waals surface area contributed by atoms with Crippen molar-refractivity contribution < 1.29 is 8.42 Å². The normalized spacial score (nSPS) is 13.9. The molecule has 102 valence electrons. The average molecular weight is 356 g/mol. The number of halogens is 2. The number of hydrogen-bond acceptors (Lipinski definition) is 3. The molecule has 0 fully saturated rings. The fourth-order valence-electron chi connectivity index (χ4n) is 1.55. The van der Waals surface area contributed by atoms with Gasteiger partial charge < -0.3 is 0 Å². The molecular formula is C11H16BrClN2O2S. The molecule has 1 N–H and O–H groups in total. The summed E-state index contributed by atoms with van der Waals surface area (Å²) in [7, 11) is -3.64. The second-order valence-corrected chi connectivity index (χ2v) is 7.28. The lowest BCUT2D eigenvalue weighted by Gasteiger charge is -2.20. The molecule has 0 aromatic carbocycles. The van der Waals surface area contributed by atoms with Crippen LogP contribution in [0.1, 0.15) is 27.2 Å². The highest BCUT2D eigenvalue weighted by Gasteiger charge is 2.24. The van der Waals surface area contributed by atoms with Crippen LogP contribution in [0.4, 0.5) is 0 Å². The van der Waals surface area contributed by atoms with Gasteiger partial charge in [0.05, 0.1) is 0 Å². The van der Waals surface area contributed by atoms with Crippen LogP contribution in [-0.4, -0.2) is 19.4 Å². The van der Waals surface area contributed by atoms with Crippen LogP contribution in [0.25, 0.3) is 0 Å². The molecule has 0 aliphatic carbocycles. The molecule has 0 aliphatic heterocycles. The summed E-state index contributed by atoms with van der Waals surface area (Å²) in [5, 5.41) is -0.0238. The number of sulfonamides is 1. The van der Waals surface area contributed by atoms with Gasteiger partial charge in [-0.15, -0.1) is 0 Å². The van der Waals surface area contributed by atoms with E-state index in [1.807, 2.05) is 20.8 Å². The Hall–Kier alpha value is -0.170. The van der Waals surface area contributed by atoms with Gasteiger partial charge >= 0.3 is 0 Å². The van der Waals surface area contributed by atoms with Gasteiger partial charge in [0, 0.05) is 16.7 Å². The van der Waals surface area contributed by atoms with Crippen molar-refractivity contribution in [2.24, 2.45) is 5.92 Å². The highest BCUT2D eigenvalue weighted by atomic mass is 79.9. The number of hydrogen-bond donors (Lipinski definition) is 1. The molecule has 0 bridgehead atoms. The number of aromatic nitrogens is 1. The van der Waals surface area contributed by atoms with Gasteiger partial charge in [-0.1, -0.05) is 32.4 Å². The van der Waals surface area contributed by atoms with Crippen molar-refractivity contribution in [3.8, 4) is 0 Å². The molecule has 1 aromatic rings. The first-order valence-corrected chi connectivity index (χ1v) is 8.26. The van der Waals surface area contributed by atoms with Crippen molar-refractivity contribution in [2.45, 2.75) is 38.1 Å². The van der Waals surface area contributed by atoms with Gasteiger partial charge in [-0.25, -0.2) is 18.1 Å². The zero-order valence-corrected chi connectivity index (χ0v) is 13.6. The number of nitrogens with one attached hydrogen (secondary N) is 1. The van der Waals surface area contributed by atoms with E-state index in [-0.39, 0.29) is 22.0 Å². The molecule has 1 atom stereocenters. The summed E-state index contributed by atoms with van der Waals surface area (Å²) in [5.74, 6) is 0.212. The second kappa shape index (κ2) is 6.32. The van der Waals surface area contributed by atoms with Crippen LogP contribution in [-0.2, 0) is 10.0 Å². The quantitative estimate of drug-likeness (QED) is 0.825. The van der Waals surface area contributed by atoms with E-state index in [1.54, 1.807) is 0 Å². The Morgan fingerprint density at radius 1 is 1.50 bits per heavy atom. The number of pyridine rings is 1. The van der Waals surface area contributed by atoms with E-state index in [2.05, 4.69) is 25.6 Å². The maximum absolute atomic E-state index is 12.2. The Morgan fingerprint density at radius 3 is 2.61 bits per heavy atom. The van der Waals surface area contributed by atoms with Gasteiger partial charge in [0.25, 0.3) is 0 Å². The summed E-state index contributed by atoms with van der Waals surface area (Å²) in [6, 6.07) is 1.33. The van der Waals surface area contributed by atoms with Crippen LogP contribution in [0.5, 0.6) is 0 Å². The molecule has 0 radical (unpaired) electrons. The van der Waals surface area contributed by atoms with E-state index in [9.17, 15) is 8.42 Å². The fraction of sp³-hybridized carbons (Fsp3) is 0.545. The smallest absolute Gasteiger partial charge is 0.242 e. The van der Waals surface area contributed by atoms with Crippen LogP contribution >= 0.6 is 27.5 Å². The molecule has 4 nitrogen and oxygen atoms in total. The average Bonchev–Trinajstić information content (AvgIpc) is 2.28. The largest absolute Gasteiger partial charge is 0.243 e. The molecule has 1 unspecified atom stereocenters. The van der Waals surface area contributed by atoms with Gasteiger partial charge in [0.1, 0.15) is 10.0 Å². The Bertz CT molecular complexity index is 520. The minimum absolute atomic E-state index is 0.00218. The Labute approximate surface area is 121 Å². The third-order valence-corrected chi connectivity index (χ3v) is 4.96. The number of rotatable bonds is 5. The van der Waals surface area contributed by atoms with E-state index in [0.29, 0.717) is 4.47 Å². The molecule has 18 heavy (non-hydrogen) atoms. The Kier molecular flexibility index (Phi) is 5.58. The zero-order valence-electron chi connectivity index (χ0n) is 10.4. The van der Waals surface area contributed by atoms with E-state index < -0.39 is 10.0 Å². The molecule has 7 heteroatoms. The van der Waals surface area contributed by atoms with Crippen molar-refractivity contribution in [3.05, 3.63) is 21.9 Å². The lowest BCUT2D eigenvalue weighted by Crippen LogP contribution is -2.38. The molecule has 0 amide bonds. The van der Waals surface area contributed by atoms with Gasteiger partial charge in [-0.3, -0.25) is 0 Å². The molecule has 0 aliphatic rings. The van der Waals surface area contributed by atoms with E-state index in [4.69, 9.17) is 11.6 Å². The lowest BCUT2D eigenvalue weighted by molar-refractivity contribution is 0.437. The van der Waals surface area contributed by atoms with Crippen LogP contribution < -0.4 is 4.72 Å². The molecule has 0 spiro atoms. The van der Waals surface area contributed by atoms with E-state index in [0.717, 1.165) is 6.42 Å². The first kappa shape index (κ1) is 15.9. The van der Waals surface area contributed by atoms with E-state index >= 15 is 0 Å².